The summed E-state index contributed by atoms with van der Waals surface area (Å²) >= 11 is 1.57. The topological polar surface area (TPSA) is 55.4 Å². The summed E-state index contributed by atoms with van der Waals surface area (Å²) in [7, 11) is 0. The van der Waals surface area contributed by atoms with Gasteiger partial charge < -0.3 is 10.1 Å². The number of rotatable bonds is 6. The number of fused-ring (bicyclic) bond motifs is 1. The van der Waals surface area contributed by atoms with E-state index < -0.39 is 0 Å². The maximum atomic E-state index is 12.9. The van der Waals surface area contributed by atoms with E-state index in [9.17, 15) is 9.59 Å². The molecule has 28 heavy (non-hydrogen) atoms. The zero-order chi connectivity index (χ0) is 19.7. The Labute approximate surface area is 170 Å². The van der Waals surface area contributed by atoms with Gasteiger partial charge in [0.15, 0.2) is 0 Å². The van der Waals surface area contributed by atoms with Crippen molar-refractivity contribution in [1.82, 2.24) is 0 Å². The Morgan fingerprint density at radius 3 is 2.79 bits per heavy atom. The van der Waals surface area contributed by atoms with Crippen LogP contribution in [-0.2, 0) is 22.4 Å². The highest BCUT2D eigenvalue weighted by Gasteiger charge is 2.44. The highest BCUT2D eigenvalue weighted by Crippen LogP contribution is 2.48. The number of thiophene rings is 1. The Morgan fingerprint density at radius 2 is 2.04 bits per heavy atom. The fraction of sp³-hybridized carbons (Fsp3) is 0.478. The number of carbonyl (C=O) groups is 2. The van der Waals surface area contributed by atoms with Crippen LogP contribution in [0.2, 0.25) is 0 Å². The van der Waals surface area contributed by atoms with Crippen molar-refractivity contribution in [2.24, 2.45) is 11.8 Å². The predicted molar refractivity (Wildman–Crippen MR) is 112 cm³/mol. The second-order valence-electron chi connectivity index (χ2n) is 8.04. The third-order valence-corrected chi connectivity index (χ3v) is 6.91. The van der Waals surface area contributed by atoms with Crippen molar-refractivity contribution in [3.05, 3.63) is 51.9 Å². The van der Waals surface area contributed by atoms with Crippen LogP contribution in [0.4, 0.5) is 5.00 Å². The summed E-state index contributed by atoms with van der Waals surface area (Å²) in [4.78, 5) is 26.8. The minimum Gasteiger partial charge on any atom is -0.462 e. The van der Waals surface area contributed by atoms with Crippen LogP contribution in [-0.4, -0.2) is 18.5 Å². The molecule has 1 saturated carbocycles. The zero-order valence-electron chi connectivity index (χ0n) is 16.5. The van der Waals surface area contributed by atoms with Gasteiger partial charge in [0.2, 0.25) is 5.91 Å². The predicted octanol–water partition coefficient (Wildman–Crippen LogP) is 5.18. The number of esters is 1. The minimum absolute atomic E-state index is 0.0139. The molecule has 1 N–H and O–H groups in total. The molecule has 1 fully saturated rings. The highest BCUT2D eigenvalue weighted by molar-refractivity contribution is 7.17. The van der Waals surface area contributed by atoms with Gasteiger partial charge in [0, 0.05) is 10.8 Å². The van der Waals surface area contributed by atoms with Crippen molar-refractivity contribution in [2.75, 3.05) is 11.9 Å². The van der Waals surface area contributed by atoms with Crippen LogP contribution in [0.3, 0.4) is 0 Å². The van der Waals surface area contributed by atoms with E-state index in [0.717, 1.165) is 37.7 Å². The first kappa shape index (κ1) is 19.2. The van der Waals surface area contributed by atoms with E-state index in [2.05, 4.69) is 24.4 Å². The van der Waals surface area contributed by atoms with E-state index >= 15 is 0 Å². The molecule has 1 aromatic heterocycles. The molecule has 1 heterocycles. The van der Waals surface area contributed by atoms with Gasteiger partial charge in [-0.2, -0.15) is 0 Å². The Bertz CT molecular complexity index is 873. The average molecular weight is 398 g/mol. The summed E-state index contributed by atoms with van der Waals surface area (Å²) in [6.45, 7) is 4.63. The fourth-order valence-corrected chi connectivity index (χ4v) is 5.48. The summed E-state index contributed by atoms with van der Waals surface area (Å²) in [6.07, 6.45) is 4.59. The molecular formula is C23H27NO3S. The number of amides is 1. The number of anilines is 1. The lowest BCUT2D eigenvalue weighted by Gasteiger charge is -2.18. The van der Waals surface area contributed by atoms with Gasteiger partial charge in [0.25, 0.3) is 0 Å². The number of ether oxygens (including phenoxy) is 1. The van der Waals surface area contributed by atoms with E-state index in [4.69, 9.17) is 4.74 Å². The van der Waals surface area contributed by atoms with Gasteiger partial charge in [-0.1, -0.05) is 44.2 Å². The van der Waals surface area contributed by atoms with Crippen molar-refractivity contribution in [2.45, 2.75) is 51.9 Å². The number of nitrogens with one attached hydrogen (secondary N) is 1. The van der Waals surface area contributed by atoms with Gasteiger partial charge in [0.05, 0.1) is 12.2 Å². The molecule has 2 aliphatic rings. The van der Waals surface area contributed by atoms with Crippen LogP contribution >= 0.6 is 11.3 Å². The maximum absolute atomic E-state index is 12.9. The molecule has 0 saturated heterocycles. The van der Waals surface area contributed by atoms with Crippen molar-refractivity contribution in [1.29, 1.82) is 0 Å². The summed E-state index contributed by atoms with van der Waals surface area (Å²) in [5.74, 6) is 0.607. The Balaban J connectivity index is 1.54. The summed E-state index contributed by atoms with van der Waals surface area (Å²) in [5.41, 5.74) is 2.91. The molecule has 3 atom stereocenters. The lowest BCUT2D eigenvalue weighted by atomic mass is 9.88. The van der Waals surface area contributed by atoms with Crippen LogP contribution in [0, 0.1) is 11.8 Å². The molecule has 148 valence electrons. The van der Waals surface area contributed by atoms with Crippen LogP contribution in [0.15, 0.2) is 30.3 Å². The lowest BCUT2D eigenvalue weighted by molar-refractivity contribution is -0.117. The maximum Gasteiger partial charge on any atom is 0.341 e. The molecule has 0 unspecified atom stereocenters. The first-order chi connectivity index (χ1) is 13.6. The SMILES string of the molecule is CCCOC(=O)c1c(NC(=O)[C@@H]2C[C@H]2c2ccccc2)sc2c1CC[C@@H](C)C2. The molecule has 4 nitrogen and oxygen atoms in total. The van der Waals surface area contributed by atoms with Crippen LogP contribution < -0.4 is 5.32 Å². The number of benzene rings is 1. The standard InChI is InChI=1S/C23H27NO3S/c1-3-11-27-23(26)20-16-10-9-14(2)12-19(16)28-22(20)24-21(25)18-13-17(18)15-7-5-4-6-8-15/h4-8,14,17-18H,3,9-13H2,1-2H3,(H,24,25)/t14-,17+,18-/m1/s1. The fourth-order valence-electron chi connectivity index (χ4n) is 4.08. The highest BCUT2D eigenvalue weighted by atomic mass is 32.1. The smallest absolute Gasteiger partial charge is 0.341 e. The van der Waals surface area contributed by atoms with E-state index in [1.54, 1.807) is 11.3 Å². The van der Waals surface area contributed by atoms with Gasteiger partial charge in [-0.3, -0.25) is 4.79 Å². The molecule has 0 aliphatic heterocycles. The molecule has 0 radical (unpaired) electrons. The lowest BCUT2D eigenvalue weighted by Crippen LogP contribution is -2.18. The van der Waals surface area contributed by atoms with Crippen molar-refractivity contribution < 1.29 is 14.3 Å². The summed E-state index contributed by atoms with van der Waals surface area (Å²) in [5, 5.41) is 3.76. The molecule has 2 aromatic rings. The molecule has 0 bridgehead atoms. The van der Waals surface area contributed by atoms with Gasteiger partial charge in [-0.15, -0.1) is 11.3 Å². The molecule has 2 aliphatic carbocycles. The van der Waals surface area contributed by atoms with E-state index in [-0.39, 0.29) is 23.7 Å². The summed E-state index contributed by atoms with van der Waals surface area (Å²) in [6, 6.07) is 10.2. The first-order valence-corrected chi connectivity index (χ1v) is 11.1. The second kappa shape index (κ2) is 8.08. The molecule has 4 rings (SSSR count). The van der Waals surface area contributed by atoms with Gasteiger partial charge >= 0.3 is 5.97 Å². The van der Waals surface area contributed by atoms with Crippen LogP contribution in [0.25, 0.3) is 0 Å². The number of carbonyl (C=O) groups excluding carboxylic acids is 2. The molecule has 1 aromatic carbocycles. The Hall–Kier alpha value is -2.14. The molecule has 0 spiro atoms. The van der Waals surface area contributed by atoms with Crippen molar-refractivity contribution in [3.8, 4) is 0 Å². The third-order valence-electron chi connectivity index (χ3n) is 5.74. The van der Waals surface area contributed by atoms with Crippen molar-refractivity contribution >= 4 is 28.2 Å². The van der Waals surface area contributed by atoms with E-state index in [0.29, 0.717) is 23.1 Å². The first-order valence-electron chi connectivity index (χ1n) is 10.3. The Morgan fingerprint density at radius 1 is 1.25 bits per heavy atom. The van der Waals surface area contributed by atoms with Crippen molar-refractivity contribution in [3.63, 3.8) is 0 Å². The normalized spacial score (nSPS) is 23.0. The quantitative estimate of drug-likeness (QED) is 0.683. The van der Waals surface area contributed by atoms with E-state index in [1.165, 1.54) is 10.4 Å². The molecular weight excluding hydrogens is 370 g/mol. The van der Waals surface area contributed by atoms with Gasteiger partial charge in [-0.05, 0) is 55.1 Å². The number of hydrogen-bond donors (Lipinski definition) is 1. The van der Waals surface area contributed by atoms with E-state index in [1.807, 2.05) is 25.1 Å². The van der Waals surface area contributed by atoms with Crippen LogP contribution in [0.1, 0.15) is 65.4 Å². The van der Waals surface area contributed by atoms with Gasteiger partial charge in [-0.25, -0.2) is 4.79 Å². The molecule has 5 heteroatoms. The summed E-state index contributed by atoms with van der Waals surface area (Å²) < 4.78 is 5.43. The monoisotopic (exact) mass is 397 g/mol. The zero-order valence-corrected chi connectivity index (χ0v) is 17.3. The minimum atomic E-state index is -0.292. The second-order valence-corrected chi connectivity index (χ2v) is 9.15. The van der Waals surface area contributed by atoms with Gasteiger partial charge in [0.1, 0.15) is 5.00 Å². The molecule has 1 amide bonds. The number of hydrogen-bond acceptors (Lipinski definition) is 4. The third kappa shape index (κ3) is 3.86. The Kier molecular flexibility index (Phi) is 5.54. The average Bonchev–Trinajstić information content (AvgIpc) is 3.43. The van der Waals surface area contributed by atoms with Crippen LogP contribution in [0.5, 0.6) is 0 Å². The largest absolute Gasteiger partial charge is 0.462 e.